The van der Waals surface area contributed by atoms with E-state index in [1.807, 2.05) is 32.0 Å². The molecule has 1 unspecified atom stereocenters. The van der Waals surface area contributed by atoms with E-state index in [4.69, 9.17) is 4.74 Å². The van der Waals surface area contributed by atoms with E-state index in [1.165, 1.54) is 6.07 Å². The molecule has 0 spiro atoms. The number of hydrogen-bond donors (Lipinski definition) is 2. The number of carbonyl (C=O) groups is 2. The molecule has 0 saturated heterocycles. The number of anilines is 1. The molecule has 9 heteroatoms. The lowest BCUT2D eigenvalue weighted by molar-refractivity contribution is -0.153. The molecule has 31 heavy (non-hydrogen) atoms. The van der Waals surface area contributed by atoms with Crippen molar-refractivity contribution in [1.29, 1.82) is 0 Å². The summed E-state index contributed by atoms with van der Waals surface area (Å²) in [4.78, 5) is 25.4. The fourth-order valence-electron chi connectivity index (χ4n) is 2.78. The third-order valence-corrected chi connectivity index (χ3v) is 7.21. The minimum Gasteiger partial charge on any atom is -0.446 e. The molecule has 3 aromatic rings. The van der Waals surface area contributed by atoms with Gasteiger partial charge >= 0.3 is 5.97 Å². The van der Waals surface area contributed by atoms with Crippen molar-refractivity contribution in [2.75, 3.05) is 11.9 Å². The Bertz CT molecular complexity index is 1160. The van der Waals surface area contributed by atoms with E-state index >= 15 is 0 Å². The number of aryl methyl sites for hydroxylation is 2. The van der Waals surface area contributed by atoms with Gasteiger partial charge in [-0.05, 0) is 42.5 Å². The topological polar surface area (TPSA) is 102 Å². The summed E-state index contributed by atoms with van der Waals surface area (Å²) in [7, 11) is -3.82. The Kier molecular flexibility index (Phi) is 7.21. The summed E-state index contributed by atoms with van der Waals surface area (Å²) in [5, 5.41) is 4.42. The molecule has 3 rings (SSSR count). The van der Waals surface area contributed by atoms with Gasteiger partial charge in [-0.3, -0.25) is 9.59 Å². The smallest absolute Gasteiger partial charge is 0.322 e. The van der Waals surface area contributed by atoms with Gasteiger partial charge in [0.05, 0.1) is 0 Å². The highest BCUT2D eigenvalue weighted by Crippen LogP contribution is 2.23. The highest BCUT2D eigenvalue weighted by Gasteiger charge is 2.26. The molecule has 2 aromatic carbocycles. The minimum atomic E-state index is -3.82. The highest BCUT2D eigenvalue weighted by molar-refractivity contribution is 7.91. The maximum absolute atomic E-state index is 13.0. The second-order valence-electron chi connectivity index (χ2n) is 6.84. The van der Waals surface area contributed by atoms with Crippen LogP contribution in [0.15, 0.2) is 70.3 Å². The maximum atomic E-state index is 13.0. The van der Waals surface area contributed by atoms with E-state index in [-0.39, 0.29) is 4.21 Å². The molecular formula is C22H22N2O5S2. The number of thiophene rings is 1. The zero-order valence-electron chi connectivity index (χ0n) is 17.0. The molecule has 162 valence electrons. The van der Waals surface area contributed by atoms with E-state index in [9.17, 15) is 18.0 Å². The van der Waals surface area contributed by atoms with Gasteiger partial charge in [-0.1, -0.05) is 48.5 Å². The summed E-state index contributed by atoms with van der Waals surface area (Å²) in [6, 6.07) is 17.2. The first-order valence-corrected chi connectivity index (χ1v) is 11.8. The number of sulfonamides is 1. The first-order chi connectivity index (χ1) is 14.8. The van der Waals surface area contributed by atoms with Gasteiger partial charge in [0.15, 0.2) is 0 Å². The molecule has 0 aliphatic rings. The molecular weight excluding hydrogens is 436 g/mol. The Morgan fingerprint density at radius 2 is 1.77 bits per heavy atom. The van der Waals surface area contributed by atoms with E-state index in [1.54, 1.807) is 41.8 Å². The van der Waals surface area contributed by atoms with Crippen LogP contribution in [0.4, 0.5) is 5.69 Å². The minimum absolute atomic E-state index is 0.0903. The lowest BCUT2D eigenvalue weighted by Crippen LogP contribution is -2.33. The van der Waals surface area contributed by atoms with Gasteiger partial charge < -0.3 is 10.1 Å². The molecule has 0 fully saturated rings. The monoisotopic (exact) mass is 458 g/mol. The Morgan fingerprint density at radius 1 is 1.03 bits per heavy atom. The average molecular weight is 459 g/mol. The standard InChI is InChI=1S/C22H22N2O5S2/c1-15-10-11-16(2)18(13-15)24-22(26)21(17-7-4-3-5-8-17)29-19(25)14-23-31(27,28)20-9-6-12-30-20/h3-13,21,23H,14H2,1-2H3,(H,24,26). The molecule has 2 N–H and O–H groups in total. The van der Waals surface area contributed by atoms with Crippen LogP contribution in [0.25, 0.3) is 0 Å². The van der Waals surface area contributed by atoms with Crippen molar-refractivity contribution >= 4 is 38.9 Å². The van der Waals surface area contributed by atoms with E-state index < -0.39 is 34.5 Å². The van der Waals surface area contributed by atoms with Crippen molar-refractivity contribution in [2.45, 2.75) is 24.2 Å². The van der Waals surface area contributed by atoms with Crippen molar-refractivity contribution in [2.24, 2.45) is 0 Å². The van der Waals surface area contributed by atoms with Crippen LogP contribution in [0.5, 0.6) is 0 Å². The molecule has 1 heterocycles. The van der Waals surface area contributed by atoms with Gasteiger partial charge in [-0.2, -0.15) is 4.72 Å². The highest BCUT2D eigenvalue weighted by atomic mass is 32.2. The number of esters is 1. The summed E-state index contributed by atoms with van der Waals surface area (Å²) in [5.74, 6) is -1.40. The SMILES string of the molecule is Cc1ccc(C)c(NC(=O)C(OC(=O)CNS(=O)(=O)c2cccs2)c2ccccc2)c1. The third kappa shape index (κ3) is 6.00. The third-order valence-electron chi connectivity index (χ3n) is 4.41. The normalized spacial score (nSPS) is 12.2. The number of nitrogens with one attached hydrogen (secondary N) is 2. The second kappa shape index (κ2) is 9.86. The fourth-order valence-corrected chi connectivity index (χ4v) is 4.79. The van der Waals surface area contributed by atoms with Gasteiger partial charge in [0.2, 0.25) is 6.10 Å². The zero-order valence-corrected chi connectivity index (χ0v) is 18.6. The number of ether oxygens (including phenoxy) is 1. The molecule has 1 aromatic heterocycles. The Hall–Kier alpha value is -3.01. The van der Waals surface area contributed by atoms with Crippen molar-refractivity contribution < 1.29 is 22.7 Å². The Balaban J connectivity index is 1.74. The molecule has 1 atom stereocenters. The van der Waals surface area contributed by atoms with Crippen LogP contribution >= 0.6 is 11.3 Å². The van der Waals surface area contributed by atoms with Crippen LogP contribution in [0.3, 0.4) is 0 Å². The van der Waals surface area contributed by atoms with Crippen molar-refractivity contribution in [3.8, 4) is 0 Å². The first-order valence-electron chi connectivity index (χ1n) is 9.42. The summed E-state index contributed by atoms with van der Waals surface area (Å²) in [6.07, 6.45) is -1.24. The molecule has 0 radical (unpaired) electrons. The van der Waals surface area contributed by atoms with Crippen LogP contribution in [-0.4, -0.2) is 26.8 Å². The summed E-state index contributed by atoms with van der Waals surface area (Å²) < 4.78 is 32.1. The van der Waals surface area contributed by atoms with Crippen LogP contribution in [0.1, 0.15) is 22.8 Å². The Morgan fingerprint density at radius 3 is 2.45 bits per heavy atom. The first kappa shape index (κ1) is 22.7. The molecule has 0 aliphatic carbocycles. The van der Waals surface area contributed by atoms with Gasteiger partial charge in [0.25, 0.3) is 15.9 Å². The maximum Gasteiger partial charge on any atom is 0.322 e. The number of carbonyl (C=O) groups excluding carboxylic acids is 2. The molecule has 1 amide bonds. The predicted molar refractivity (Wildman–Crippen MR) is 119 cm³/mol. The van der Waals surface area contributed by atoms with Crippen LogP contribution in [0.2, 0.25) is 0 Å². The molecule has 0 aliphatic heterocycles. The van der Waals surface area contributed by atoms with Crippen LogP contribution < -0.4 is 10.0 Å². The summed E-state index contributed by atoms with van der Waals surface area (Å²) in [5.41, 5.74) is 2.91. The number of rotatable bonds is 8. The van der Waals surface area contributed by atoms with Gasteiger partial charge in [-0.15, -0.1) is 11.3 Å². The molecule has 0 saturated carbocycles. The Labute approximate surface area is 185 Å². The number of benzene rings is 2. The van der Waals surface area contributed by atoms with Crippen LogP contribution in [-0.2, 0) is 24.3 Å². The van der Waals surface area contributed by atoms with E-state index in [2.05, 4.69) is 10.0 Å². The number of amides is 1. The van der Waals surface area contributed by atoms with Gasteiger partial charge in [0.1, 0.15) is 10.8 Å². The van der Waals surface area contributed by atoms with Gasteiger partial charge in [0, 0.05) is 11.3 Å². The lowest BCUT2D eigenvalue weighted by atomic mass is 10.1. The quantitative estimate of drug-likeness (QED) is 0.503. The summed E-state index contributed by atoms with van der Waals surface area (Å²) >= 11 is 1.03. The van der Waals surface area contributed by atoms with E-state index in [0.29, 0.717) is 11.3 Å². The second-order valence-corrected chi connectivity index (χ2v) is 9.79. The largest absolute Gasteiger partial charge is 0.446 e. The number of hydrogen-bond acceptors (Lipinski definition) is 6. The molecule has 0 bridgehead atoms. The summed E-state index contributed by atoms with van der Waals surface area (Å²) in [6.45, 7) is 3.17. The van der Waals surface area contributed by atoms with Gasteiger partial charge in [-0.25, -0.2) is 8.42 Å². The fraction of sp³-hybridized carbons (Fsp3) is 0.182. The average Bonchev–Trinajstić information content (AvgIpc) is 3.30. The zero-order chi connectivity index (χ0) is 22.4. The van der Waals surface area contributed by atoms with Crippen molar-refractivity contribution in [1.82, 2.24) is 4.72 Å². The van der Waals surface area contributed by atoms with Crippen molar-refractivity contribution in [3.05, 3.63) is 82.7 Å². The van der Waals surface area contributed by atoms with Crippen molar-refractivity contribution in [3.63, 3.8) is 0 Å². The van der Waals surface area contributed by atoms with Crippen LogP contribution in [0, 0.1) is 13.8 Å². The predicted octanol–water partition coefficient (Wildman–Crippen LogP) is 3.57. The molecule has 7 nitrogen and oxygen atoms in total. The van der Waals surface area contributed by atoms with E-state index in [0.717, 1.165) is 22.5 Å². The lowest BCUT2D eigenvalue weighted by Gasteiger charge is -2.19.